The summed E-state index contributed by atoms with van der Waals surface area (Å²) in [6, 6.07) is 21.4. The highest BCUT2D eigenvalue weighted by Crippen LogP contribution is 2.56. The summed E-state index contributed by atoms with van der Waals surface area (Å²) in [4.78, 5) is 19.6. The predicted octanol–water partition coefficient (Wildman–Crippen LogP) is 3.92. The number of hydrogen-bond acceptors (Lipinski definition) is 7. The van der Waals surface area contributed by atoms with Crippen LogP contribution in [0.2, 0.25) is 0 Å². The maximum absolute atomic E-state index is 13.2. The minimum absolute atomic E-state index is 0.104. The molecule has 4 aromatic rings. The molecule has 0 aliphatic carbocycles. The van der Waals surface area contributed by atoms with Gasteiger partial charge in [0, 0.05) is 0 Å². The number of hydrogen-bond donors (Lipinski definition) is 5. The first-order valence-electron chi connectivity index (χ1n) is 11.3. The molecule has 3 aromatic carbocycles. The average Bonchev–Trinajstić information content (AvgIpc) is 3.43. The molecular formula is C25H23N5O5S2. The Kier molecular flexibility index (Phi) is 6.49. The Balaban J connectivity index is 1.51. The number of para-hydroxylation sites is 2. The molecule has 2 heterocycles. The van der Waals surface area contributed by atoms with Crippen LogP contribution in [-0.4, -0.2) is 33.4 Å². The Morgan fingerprint density at radius 2 is 1.84 bits per heavy atom. The number of nitrogens with one attached hydrogen (secondary N) is 3. The largest absolute Gasteiger partial charge is 0.341 e. The van der Waals surface area contributed by atoms with Crippen molar-refractivity contribution in [1.29, 1.82) is 5.26 Å². The lowest BCUT2D eigenvalue weighted by Gasteiger charge is -2.33. The van der Waals surface area contributed by atoms with Gasteiger partial charge in [0.2, 0.25) is 15.9 Å². The summed E-state index contributed by atoms with van der Waals surface area (Å²) in [6.45, 7) is 0. The van der Waals surface area contributed by atoms with Crippen LogP contribution in [0.15, 0.2) is 77.7 Å². The van der Waals surface area contributed by atoms with Crippen LogP contribution in [0.25, 0.3) is 11.0 Å². The van der Waals surface area contributed by atoms with Crippen LogP contribution in [0, 0.1) is 11.3 Å². The number of carbonyl (C=O) groups excluding carboxylic acids is 1. The van der Waals surface area contributed by atoms with E-state index in [0.29, 0.717) is 22.5 Å². The molecule has 12 heteroatoms. The third kappa shape index (κ3) is 5.08. The number of carbonyl (C=O) groups is 1. The molecule has 0 radical (unpaired) electrons. The fourth-order valence-electron chi connectivity index (χ4n) is 4.38. The van der Waals surface area contributed by atoms with Crippen molar-refractivity contribution in [1.82, 2.24) is 19.4 Å². The highest BCUT2D eigenvalue weighted by molar-refractivity contribution is 8.23. The van der Waals surface area contributed by atoms with Crippen molar-refractivity contribution in [3.8, 4) is 6.07 Å². The number of rotatable bonds is 7. The molecule has 1 aromatic heterocycles. The Bertz CT molecular complexity index is 1600. The van der Waals surface area contributed by atoms with Crippen LogP contribution in [0.4, 0.5) is 0 Å². The van der Waals surface area contributed by atoms with E-state index in [0.717, 1.165) is 5.52 Å². The zero-order valence-electron chi connectivity index (χ0n) is 19.3. The minimum atomic E-state index is -3.91. The lowest BCUT2D eigenvalue weighted by Crippen LogP contribution is -2.31. The van der Waals surface area contributed by atoms with Gasteiger partial charge in [-0.2, -0.15) is 5.26 Å². The standard InChI is InChI=1S/C25H23N5O5S2/c26-15-17-12-16(10-11-19(17)23-14-24(31)30-37(23,34)35)13-22(25-27-20-8-4-5-9-21(20)28-25)29-36(32,33)18-6-2-1-3-7-18/h1-12,22-23,29,34-35H,13-14H2,(H,27,28)(H,30,31). The number of aromatic amines is 1. The lowest BCUT2D eigenvalue weighted by molar-refractivity contribution is -0.118. The highest BCUT2D eigenvalue weighted by Gasteiger charge is 2.39. The van der Waals surface area contributed by atoms with Crippen LogP contribution in [-0.2, 0) is 21.2 Å². The van der Waals surface area contributed by atoms with Crippen LogP contribution in [0.3, 0.4) is 0 Å². The molecular weight excluding hydrogens is 514 g/mol. The molecule has 1 saturated heterocycles. The number of nitriles is 1. The first-order valence-corrected chi connectivity index (χ1v) is 14.4. The van der Waals surface area contributed by atoms with Gasteiger partial charge in [-0.25, -0.2) is 18.1 Å². The van der Waals surface area contributed by atoms with Crippen LogP contribution in [0.1, 0.15) is 40.2 Å². The van der Waals surface area contributed by atoms with Gasteiger partial charge in [0.1, 0.15) is 11.1 Å². The molecule has 2 unspecified atom stereocenters. The molecule has 0 spiro atoms. The van der Waals surface area contributed by atoms with Crippen LogP contribution >= 0.6 is 10.8 Å². The highest BCUT2D eigenvalue weighted by atomic mass is 32.3. The number of fused-ring (bicyclic) bond motifs is 1. The molecule has 2 atom stereocenters. The van der Waals surface area contributed by atoms with Gasteiger partial charge in [0.05, 0.1) is 40.0 Å². The van der Waals surface area contributed by atoms with Gasteiger partial charge in [0.15, 0.2) is 0 Å². The second-order valence-electron chi connectivity index (χ2n) is 8.67. The van der Waals surface area contributed by atoms with Crippen molar-refractivity contribution in [2.75, 3.05) is 0 Å². The van der Waals surface area contributed by atoms with Crippen molar-refractivity contribution in [3.63, 3.8) is 0 Å². The topological polar surface area (TPSA) is 168 Å². The Hall–Kier alpha value is -3.73. The maximum Gasteiger partial charge on any atom is 0.241 e. The van der Waals surface area contributed by atoms with E-state index in [9.17, 15) is 27.6 Å². The molecule has 0 bridgehead atoms. The van der Waals surface area contributed by atoms with Crippen molar-refractivity contribution in [2.24, 2.45) is 0 Å². The Morgan fingerprint density at radius 1 is 1.11 bits per heavy atom. The van der Waals surface area contributed by atoms with Gasteiger partial charge >= 0.3 is 0 Å². The van der Waals surface area contributed by atoms with Crippen LogP contribution in [0.5, 0.6) is 0 Å². The number of sulfonamides is 1. The lowest BCUT2D eigenvalue weighted by atomic mass is 9.97. The smallest absolute Gasteiger partial charge is 0.241 e. The fraction of sp³-hybridized carbons (Fsp3) is 0.160. The predicted molar refractivity (Wildman–Crippen MR) is 139 cm³/mol. The number of imidazole rings is 1. The van der Waals surface area contributed by atoms with E-state index in [2.05, 4.69) is 25.5 Å². The number of H-pyrrole nitrogens is 1. The van der Waals surface area contributed by atoms with Crippen molar-refractivity contribution in [3.05, 3.63) is 95.3 Å². The first-order chi connectivity index (χ1) is 17.7. The van der Waals surface area contributed by atoms with E-state index in [1.165, 1.54) is 12.1 Å². The Morgan fingerprint density at radius 3 is 2.51 bits per heavy atom. The van der Waals surface area contributed by atoms with E-state index >= 15 is 0 Å². The minimum Gasteiger partial charge on any atom is -0.341 e. The molecule has 1 aliphatic heterocycles. The van der Waals surface area contributed by atoms with Crippen molar-refractivity contribution < 1.29 is 22.3 Å². The van der Waals surface area contributed by atoms with E-state index in [1.807, 2.05) is 24.3 Å². The molecule has 0 saturated carbocycles. The normalized spacial score (nSPS) is 18.7. The molecule has 1 aliphatic rings. The second-order valence-corrected chi connectivity index (χ2v) is 12.3. The van der Waals surface area contributed by atoms with Gasteiger partial charge in [-0.1, -0.05) is 42.5 Å². The van der Waals surface area contributed by atoms with E-state index in [-0.39, 0.29) is 23.3 Å². The molecule has 5 N–H and O–H groups in total. The fourth-order valence-corrected chi connectivity index (χ4v) is 7.11. The molecule has 1 amide bonds. The van der Waals surface area contributed by atoms with E-state index in [4.69, 9.17) is 0 Å². The van der Waals surface area contributed by atoms with Crippen molar-refractivity contribution in [2.45, 2.75) is 29.0 Å². The molecule has 1 fully saturated rings. The number of nitrogens with zero attached hydrogens (tertiary/aromatic N) is 2. The summed E-state index contributed by atoms with van der Waals surface area (Å²) in [5.74, 6) is -0.0960. The average molecular weight is 538 g/mol. The zero-order valence-corrected chi connectivity index (χ0v) is 21.0. The monoisotopic (exact) mass is 537 g/mol. The van der Waals surface area contributed by atoms with Crippen LogP contribution < -0.4 is 9.44 Å². The molecule has 37 heavy (non-hydrogen) atoms. The Labute approximate surface area is 214 Å². The summed E-state index contributed by atoms with van der Waals surface area (Å²) in [5, 5.41) is 8.84. The molecule has 5 rings (SSSR count). The number of aromatic nitrogens is 2. The third-order valence-corrected chi connectivity index (χ3v) is 9.37. The number of benzene rings is 3. The van der Waals surface area contributed by atoms with Crippen molar-refractivity contribution >= 4 is 37.7 Å². The van der Waals surface area contributed by atoms with E-state index < -0.39 is 38.0 Å². The summed E-state index contributed by atoms with van der Waals surface area (Å²) >= 11 is 0. The van der Waals surface area contributed by atoms with Gasteiger partial charge in [-0.15, -0.1) is 10.8 Å². The summed E-state index contributed by atoms with van der Waals surface area (Å²) in [5.41, 5.74) is 2.56. The van der Waals surface area contributed by atoms with Gasteiger partial charge in [-0.3, -0.25) is 18.6 Å². The van der Waals surface area contributed by atoms with Gasteiger partial charge < -0.3 is 4.98 Å². The first kappa shape index (κ1) is 24.9. The quantitative estimate of drug-likeness (QED) is 0.238. The third-order valence-electron chi connectivity index (χ3n) is 6.15. The number of amides is 1. The molecule has 190 valence electrons. The second kappa shape index (κ2) is 9.62. The summed E-state index contributed by atoms with van der Waals surface area (Å²) in [6.07, 6.45) is 0.00773. The van der Waals surface area contributed by atoms with Gasteiger partial charge in [0.25, 0.3) is 0 Å². The zero-order chi connectivity index (χ0) is 26.2. The summed E-state index contributed by atoms with van der Waals surface area (Å²) < 4.78 is 51.8. The van der Waals surface area contributed by atoms with Gasteiger partial charge in [-0.05, 0) is 47.9 Å². The molecule has 10 nitrogen and oxygen atoms in total. The summed E-state index contributed by atoms with van der Waals surface area (Å²) in [7, 11) is -7.33. The maximum atomic E-state index is 13.2. The SMILES string of the molecule is N#Cc1cc(CC(NS(=O)(=O)c2ccccc2)c2nc3ccccc3[nH]2)ccc1C1CC(=O)NS1(O)O. The van der Waals surface area contributed by atoms with E-state index in [1.54, 1.807) is 36.4 Å².